The van der Waals surface area contributed by atoms with Crippen LogP contribution in [0.2, 0.25) is 0 Å². The van der Waals surface area contributed by atoms with Crippen LogP contribution in [0.1, 0.15) is 33.6 Å². The Kier molecular flexibility index (Phi) is 6.72. The third kappa shape index (κ3) is 7.51. The van der Waals surface area contributed by atoms with Gasteiger partial charge in [-0.2, -0.15) is 0 Å². The van der Waals surface area contributed by atoms with E-state index >= 15 is 0 Å². The van der Waals surface area contributed by atoms with Gasteiger partial charge in [0.15, 0.2) is 0 Å². The van der Waals surface area contributed by atoms with E-state index in [9.17, 15) is 0 Å². The Balaban J connectivity index is 3.56. The van der Waals surface area contributed by atoms with Gasteiger partial charge in [0.2, 0.25) is 0 Å². The van der Waals surface area contributed by atoms with Gasteiger partial charge >= 0.3 is 0 Å². The Morgan fingerprint density at radius 3 is 2.42 bits per heavy atom. The van der Waals surface area contributed by atoms with Crippen LogP contribution < -0.4 is 0 Å². The highest BCUT2D eigenvalue weighted by Gasteiger charge is 1.88. The lowest BCUT2D eigenvalue weighted by Crippen LogP contribution is -1.85. The minimum absolute atomic E-state index is 0.292. The average Bonchev–Trinajstić information content (AvgIpc) is 2.00. The number of hydrogen-bond acceptors (Lipinski definition) is 2. The van der Waals surface area contributed by atoms with Gasteiger partial charge in [-0.1, -0.05) is 23.3 Å². The molecule has 2 nitrogen and oxygen atoms in total. The molecule has 0 rings (SSSR count). The summed E-state index contributed by atoms with van der Waals surface area (Å²) in [7, 11) is 0. The topological polar surface area (TPSA) is 29.5 Å². The Hall–Kier alpha value is -0.600. The Bertz CT molecular complexity index is 165. The predicted molar refractivity (Wildman–Crippen MR) is 51.0 cm³/mol. The molecule has 1 N–H and O–H groups in total. The van der Waals surface area contributed by atoms with Crippen molar-refractivity contribution in [1.29, 1.82) is 0 Å². The maximum Gasteiger partial charge on any atom is 0.100 e. The zero-order chi connectivity index (χ0) is 9.40. The Morgan fingerprint density at radius 2 is 1.92 bits per heavy atom. The standard InChI is InChI=1S/C10H18O2/c1-9(2)5-4-6-10(3)7-8-12-11/h5,7,11H,4,6,8H2,1-3H3/b10-7+. The fourth-order valence-corrected chi connectivity index (χ4v) is 0.870. The first-order valence-corrected chi connectivity index (χ1v) is 4.22. The van der Waals surface area contributed by atoms with Gasteiger partial charge in [0.25, 0.3) is 0 Å². The summed E-state index contributed by atoms with van der Waals surface area (Å²) in [6, 6.07) is 0. The molecule has 70 valence electrons. The van der Waals surface area contributed by atoms with E-state index in [4.69, 9.17) is 5.26 Å². The van der Waals surface area contributed by atoms with Crippen molar-refractivity contribution in [3.63, 3.8) is 0 Å². The van der Waals surface area contributed by atoms with Crippen LogP contribution in [0, 0.1) is 0 Å². The van der Waals surface area contributed by atoms with Crippen molar-refractivity contribution in [2.45, 2.75) is 33.6 Å². The van der Waals surface area contributed by atoms with Crippen molar-refractivity contribution in [2.75, 3.05) is 6.61 Å². The maximum atomic E-state index is 8.07. The zero-order valence-corrected chi connectivity index (χ0v) is 8.13. The van der Waals surface area contributed by atoms with Crippen molar-refractivity contribution >= 4 is 0 Å². The summed E-state index contributed by atoms with van der Waals surface area (Å²) in [6.07, 6.45) is 6.20. The number of rotatable bonds is 5. The van der Waals surface area contributed by atoms with Crippen LogP contribution >= 0.6 is 0 Å². The number of allylic oxidation sites excluding steroid dienone is 3. The van der Waals surface area contributed by atoms with Crippen LogP contribution in [-0.4, -0.2) is 11.9 Å². The van der Waals surface area contributed by atoms with Gasteiger partial charge in [0, 0.05) is 0 Å². The molecule has 0 aromatic heterocycles. The smallest absolute Gasteiger partial charge is 0.100 e. The Labute approximate surface area is 74.5 Å². The zero-order valence-electron chi connectivity index (χ0n) is 8.13. The van der Waals surface area contributed by atoms with Gasteiger partial charge in [-0.3, -0.25) is 5.26 Å². The molecule has 0 aliphatic carbocycles. The average molecular weight is 170 g/mol. The molecule has 0 aliphatic heterocycles. The highest BCUT2D eigenvalue weighted by atomic mass is 17.1. The summed E-state index contributed by atoms with van der Waals surface area (Å²) in [5.41, 5.74) is 2.60. The van der Waals surface area contributed by atoms with Gasteiger partial charge in [0.1, 0.15) is 6.61 Å². The molecule has 12 heavy (non-hydrogen) atoms. The molecule has 0 spiro atoms. The van der Waals surface area contributed by atoms with E-state index in [0.29, 0.717) is 6.61 Å². The van der Waals surface area contributed by atoms with Gasteiger partial charge in [-0.05, 0) is 33.6 Å². The summed E-state index contributed by atoms with van der Waals surface area (Å²) >= 11 is 0. The molecular formula is C10H18O2. The van der Waals surface area contributed by atoms with Gasteiger partial charge < -0.3 is 0 Å². The van der Waals surface area contributed by atoms with Crippen LogP contribution in [0.3, 0.4) is 0 Å². The molecule has 0 bridgehead atoms. The molecule has 0 aliphatic rings. The van der Waals surface area contributed by atoms with E-state index < -0.39 is 0 Å². The fraction of sp³-hybridized carbons (Fsp3) is 0.600. The minimum Gasteiger partial charge on any atom is -0.252 e. The van der Waals surface area contributed by atoms with Crippen molar-refractivity contribution in [2.24, 2.45) is 0 Å². The molecule has 0 aromatic carbocycles. The van der Waals surface area contributed by atoms with Gasteiger partial charge in [-0.15, -0.1) is 0 Å². The molecule has 0 heterocycles. The molecule has 0 amide bonds. The summed E-state index contributed by atoms with van der Waals surface area (Å²) in [5, 5.41) is 8.07. The summed E-state index contributed by atoms with van der Waals surface area (Å²) in [4.78, 5) is 3.95. The lowest BCUT2D eigenvalue weighted by Gasteiger charge is -1.97. The fourth-order valence-electron chi connectivity index (χ4n) is 0.870. The molecule has 0 saturated carbocycles. The molecule has 0 aromatic rings. The molecule has 0 fully saturated rings. The summed E-state index contributed by atoms with van der Waals surface area (Å²) in [5.74, 6) is 0. The van der Waals surface area contributed by atoms with Crippen molar-refractivity contribution in [3.8, 4) is 0 Å². The predicted octanol–water partition coefficient (Wildman–Crippen LogP) is 3.17. The monoisotopic (exact) mass is 170 g/mol. The molecule has 0 radical (unpaired) electrons. The van der Waals surface area contributed by atoms with Gasteiger partial charge in [-0.25, -0.2) is 4.89 Å². The molecule has 2 heteroatoms. The van der Waals surface area contributed by atoms with Crippen molar-refractivity contribution < 1.29 is 10.1 Å². The SMILES string of the molecule is CC(C)=CCC/C(C)=C/COO. The third-order valence-corrected chi connectivity index (χ3v) is 1.60. The highest BCUT2D eigenvalue weighted by Crippen LogP contribution is 2.05. The first kappa shape index (κ1) is 11.4. The maximum absolute atomic E-state index is 8.07. The van der Waals surface area contributed by atoms with Crippen molar-refractivity contribution in [3.05, 3.63) is 23.3 Å². The molecular weight excluding hydrogens is 152 g/mol. The summed E-state index contributed by atoms with van der Waals surface area (Å²) in [6.45, 7) is 6.52. The molecule has 0 unspecified atom stereocenters. The second kappa shape index (κ2) is 7.07. The first-order valence-electron chi connectivity index (χ1n) is 4.22. The van der Waals surface area contributed by atoms with E-state index in [1.54, 1.807) is 0 Å². The third-order valence-electron chi connectivity index (χ3n) is 1.60. The van der Waals surface area contributed by atoms with E-state index in [1.807, 2.05) is 13.0 Å². The Morgan fingerprint density at radius 1 is 1.25 bits per heavy atom. The second-order valence-corrected chi connectivity index (χ2v) is 3.17. The summed E-state index contributed by atoms with van der Waals surface area (Å²) < 4.78 is 0. The van der Waals surface area contributed by atoms with Gasteiger partial charge in [0.05, 0.1) is 0 Å². The lowest BCUT2D eigenvalue weighted by molar-refractivity contribution is -0.232. The molecule has 0 saturated heterocycles. The van der Waals surface area contributed by atoms with Crippen LogP contribution in [0.15, 0.2) is 23.3 Å². The minimum atomic E-state index is 0.292. The van der Waals surface area contributed by atoms with E-state index in [1.165, 1.54) is 11.1 Å². The highest BCUT2D eigenvalue weighted by molar-refractivity contribution is 5.01. The van der Waals surface area contributed by atoms with Crippen molar-refractivity contribution in [1.82, 2.24) is 0 Å². The van der Waals surface area contributed by atoms with Crippen LogP contribution in [-0.2, 0) is 4.89 Å². The van der Waals surface area contributed by atoms with E-state index in [0.717, 1.165) is 12.8 Å². The largest absolute Gasteiger partial charge is 0.252 e. The second-order valence-electron chi connectivity index (χ2n) is 3.17. The van der Waals surface area contributed by atoms with Crippen LogP contribution in [0.5, 0.6) is 0 Å². The quantitative estimate of drug-likeness (QED) is 0.390. The normalized spacial score (nSPS) is 11.5. The lowest BCUT2D eigenvalue weighted by atomic mass is 10.1. The first-order chi connectivity index (χ1) is 5.66. The number of hydrogen-bond donors (Lipinski definition) is 1. The molecule has 0 atom stereocenters. The van der Waals surface area contributed by atoms with Crippen LogP contribution in [0.4, 0.5) is 0 Å². The van der Waals surface area contributed by atoms with E-state index in [-0.39, 0.29) is 0 Å². The van der Waals surface area contributed by atoms with E-state index in [2.05, 4.69) is 24.8 Å². The van der Waals surface area contributed by atoms with Crippen LogP contribution in [0.25, 0.3) is 0 Å².